The maximum absolute atomic E-state index is 11.0. The zero-order chi connectivity index (χ0) is 28.7. The topological polar surface area (TPSA) is 138 Å². The summed E-state index contributed by atoms with van der Waals surface area (Å²) in [5, 5.41) is 18.1. The maximum Gasteiger partial charge on any atom is 0.151 e. The van der Waals surface area contributed by atoms with Gasteiger partial charge >= 0.3 is 0 Å². The molecule has 3 aromatic rings. The third-order valence-corrected chi connectivity index (χ3v) is 7.43. The summed E-state index contributed by atoms with van der Waals surface area (Å²) in [7, 11) is 2.11. The molecule has 0 unspecified atom stereocenters. The van der Waals surface area contributed by atoms with Crippen molar-refractivity contribution in [2.24, 2.45) is 5.73 Å². The van der Waals surface area contributed by atoms with Crippen molar-refractivity contribution >= 4 is 46.7 Å². The van der Waals surface area contributed by atoms with Crippen molar-refractivity contribution in [3.63, 3.8) is 0 Å². The fraction of sp³-hybridized carbons (Fsp3) is 0.393. The largest absolute Gasteiger partial charge is 0.398 e. The van der Waals surface area contributed by atoms with E-state index in [9.17, 15) is 4.79 Å². The zero-order valence-corrected chi connectivity index (χ0v) is 24.3. The fourth-order valence-electron chi connectivity index (χ4n) is 4.18. The molecule has 0 spiro atoms. The van der Waals surface area contributed by atoms with Crippen LogP contribution in [0.15, 0.2) is 42.7 Å². The van der Waals surface area contributed by atoms with E-state index in [1.54, 1.807) is 30.6 Å². The Morgan fingerprint density at radius 3 is 2.31 bits per heavy atom. The molecule has 0 aliphatic carbocycles. The molecular formula is C28H36Cl2N8O. The average Bonchev–Trinajstić information content (AvgIpc) is 2.91. The van der Waals surface area contributed by atoms with Crippen molar-refractivity contribution in [2.45, 2.75) is 38.6 Å². The highest BCUT2D eigenvalue weighted by Gasteiger charge is 2.40. The van der Waals surface area contributed by atoms with Crippen molar-refractivity contribution in [3.05, 3.63) is 75.2 Å². The molecule has 0 saturated carbocycles. The van der Waals surface area contributed by atoms with E-state index in [0.717, 1.165) is 30.5 Å². The van der Waals surface area contributed by atoms with Crippen LogP contribution in [0.25, 0.3) is 0 Å². The van der Waals surface area contributed by atoms with Crippen LogP contribution in [-0.2, 0) is 11.2 Å². The summed E-state index contributed by atoms with van der Waals surface area (Å²) in [5.41, 5.74) is 14.7. The number of nitrogens with one attached hydrogen (secondary N) is 1. The second-order valence-electron chi connectivity index (χ2n) is 9.89. The highest BCUT2D eigenvalue weighted by atomic mass is 35.5. The van der Waals surface area contributed by atoms with Gasteiger partial charge in [0.2, 0.25) is 0 Å². The zero-order valence-electron chi connectivity index (χ0n) is 22.8. The molecule has 0 amide bonds. The highest BCUT2D eigenvalue weighted by molar-refractivity contribution is 6.35. The number of hydrogen-bond donors (Lipinski definition) is 3. The Balaban J connectivity index is 0.000000631. The lowest BCUT2D eigenvalue weighted by Gasteiger charge is -2.44. The average molecular weight is 572 g/mol. The van der Waals surface area contributed by atoms with Crippen LogP contribution >= 0.6 is 23.2 Å². The van der Waals surface area contributed by atoms with E-state index in [-0.39, 0.29) is 11.6 Å². The van der Waals surface area contributed by atoms with Gasteiger partial charge in [-0.05, 0) is 67.9 Å². The van der Waals surface area contributed by atoms with E-state index in [2.05, 4.69) is 41.0 Å². The molecule has 1 fully saturated rings. The molecule has 2 aromatic heterocycles. The van der Waals surface area contributed by atoms with Crippen molar-refractivity contribution in [1.29, 1.82) is 5.41 Å². The van der Waals surface area contributed by atoms with Gasteiger partial charge in [-0.1, -0.05) is 50.0 Å². The monoisotopic (exact) mass is 570 g/mol. The first kappa shape index (κ1) is 30.4. The normalized spacial score (nSPS) is 14.7. The summed E-state index contributed by atoms with van der Waals surface area (Å²) in [6.07, 6.45) is 4.58. The van der Waals surface area contributed by atoms with Gasteiger partial charge in [0.25, 0.3) is 0 Å². The summed E-state index contributed by atoms with van der Waals surface area (Å²) in [6, 6.07) is 9.07. The van der Waals surface area contributed by atoms with Gasteiger partial charge in [0.15, 0.2) is 5.82 Å². The van der Waals surface area contributed by atoms with Gasteiger partial charge in [0.1, 0.15) is 17.5 Å². The van der Waals surface area contributed by atoms with Crippen LogP contribution < -0.4 is 16.4 Å². The highest BCUT2D eigenvalue weighted by Crippen LogP contribution is 2.33. The summed E-state index contributed by atoms with van der Waals surface area (Å²) in [5.74, 6) is 0.645. The van der Waals surface area contributed by atoms with Crippen LogP contribution in [0.5, 0.6) is 0 Å². The molecule has 1 aliphatic heterocycles. The quantitative estimate of drug-likeness (QED) is 0.197. The first-order valence-corrected chi connectivity index (χ1v) is 13.6. The standard InChI is InChI=1S/C23H23Cl2N7O.C5H13N/c1-13(21-16(24)8-29-9-17(21)25)6-14-2-3-18(26)15(7-14)22(27)19-4-5-20(31-30-19)32-10-23(28,11-32)12-33;1-4-6(3)5-2/h2-5,7-9,12-13,27H,6,10-11,26,28H2,1H3;4-5H2,1-3H3/t13-;/m0./s1. The smallest absolute Gasteiger partial charge is 0.151 e. The van der Waals surface area contributed by atoms with E-state index in [1.807, 2.05) is 24.0 Å². The molecule has 0 bridgehead atoms. The number of halogens is 2. The second kappa shape index (κ2) is 13.3. The Bertz CT molecular complexity index is 1270. The molecule has 5 N–H and O–H groups in total. The molecule has 208 valence electrons. The summed E-state index contributed by atoms with van der Waals surface area (Å²) < 4.78 is 0. The second-order valence-corrected chi connectivity index (χ2v) is 10.7. The van der Waals surface area contributed by atoms with Gasteiger partial charge in [-0.2, -0.15) is 0 Å². The predicted molar refractivity (Wildman–Crippen MR) is 159 cm³/mol. The molecule has 4 rings (SSSR count). The molecule has 11 heteroatoms. The Labute approximate surface area is 240 Å². The van der Waals surface area contributed by atoms with Gasteiger partial charge in [-0.15, -0.1) is 10.2 Å². The minimum Gasteiger partial charge on any atom is -0.398 e. The lowest BCUT2D eigenvalue weighted by Crippen LogP contribution is -2.68. The number of anilines is 2. The minimum atomic E-state index is -0.830. The van der Waals surface area contributed by atoms with Gasteiger partial charge < -0.3 is 26.1 Å². The van der Waals surface area contributed by atoms with E-state index >= 15 is 0 Å². The van der Waals surface area contributed by atoms with Crippen LogP contribution in [0.2, 0.25) is 10.0 Å². The molecule has 3 heterocycles. The number of pyridine rings is 1. The van der Waals surface area contributed by atoms with Crippen molar-refractivity contribution in [1.82, 2.24) is 20.1 Å². The molecule has 0 radical (unpaired) electrons. The van der Waals surface area contributed by atoms with E-state index in [0.29, 0.717) is 52.3 Å². The molecule has 1 atom stereocenters. The molecule has 1 saturated heterocycles. The number of nitrogens with two attached hydrogens (primary N) is 2. The number of hydrogen-bond acceptors (Lipinski definition) is 9. The van der Waals surface area contributed by atoms with Crippen LogP contribution in [0.1, 0.15) is 49.1 Å². The number of aldehydes is 1. The fourth-order valence-corrected chi connectivity index (χ4v) is 4.92. The number of benzene rings is 1. The number of carbonyl (C=O) groups is 1. The molecule has 1 aromatic carbocycles. The Hall–Kier alpha value is -3.11. The van der Waals surface area contributed by atoms with E-state index in [1.165, 1.54) is 0 Å². The minimum absolute atomic E-state index is 0.0373. The van der Waals surface area contributed by atoms with Crippen molar-refractivity contribution < 1.29 is 4.79 Å². The SMILES string of the molecule is CCN(C)CC.C[C@@H](Cc1ccc(N)c(C(=N)c2ccc(N3CC(N)(C=O)C3)nn2)c1)c1c(Cl)cncc1Cl. The van der Waals surface area contributed by atoms with E-state index in [4.69, 9.17) is 40.1 Å². The van der Waals surface area contributed by atoms with Crippen LogP contribution in [0.4, 0.5) is 11.5 Å². The number of nitrogen functional groups attached to an aromatic ring is 1. The Morgan fingerprint density at radius 1 is 1.15 bits per heavy atom. The van der Waals surface area contributed by atoms with Gasteiger partial charge in [0, 0.05) is 36.7 Å². The van der Waals surface area contributed by atoms with Crippen LogP contribution in [-0.4, -0.2) is 70.8 Å². The lowest BCUT2D eigenvalue weighted by atomic mass is 9.92. The Kier molecular flexibility index (Phi) is 10.4. The van der Waals surface area contributed by atoms with Crippen molar-refractivity contribution in [3.8, 4) is 0 Å². The van der Waals surface area contributed by atoms with Gasteiger partial charge in [-0.25, -0.2) is 0 Å². The Morgan fingerprint density at radius 2 is 1.79 bits per heavy atom. The first-order chi connectivity index (χ1) is 18.5. The molecule has 9 nitrogen and oxygen atoms in total. The molecular weight excluding hydrogens is 535 g/mol. The van der Waals surface area contributed by atoms with Gasteiger partial charge in [0.05, 0.1) is 15.8 Å². The number of carbonyl (C=O) groups excluding carboxylic acids is 1. The van der Waals surface area contributed by atoms with Crippen molar-refractivity contribution in [2.75, 3.05) is 43.9 Å². The number of nitrogens with zero attached hydrogens (tertiary/aromatic N) is 5. The van der Waals surface area contributed by atoms with Gasteiger partial charge in [-0.3, -0.25) is 10.4 Å². The number of rotatable bonds is 9. The molecule has 39 heavy (non-hydrogen) atoms. The lowest BCUT2D eigenvalue weighted by molar-refractivity contribution is -0.113. The summed E-state index contributed by atoms with van der Waals surface area (Å²) >= 11 is 12.6. The van der Waals surface area contributed by atoms with E-state index < -0.39 is 5.54 Å². The number of aromatic nitrogens is 3. The van der Waals surface area contributed by atoms with Crippen LogP contribution in [0.3, 0.4) is 0 Å². The third kappa shape index (κ3) is 7.51. The molecule has 1 aliphatic rings. The predicted octanol–water partition coefficient (Wildman–Crippen LogP) is 4.20. The third-order valence-electron chi connectivity index (χ3n) is 6.83. The van der Waals surface area contributed by atoms with Crippen LogP contribution in [0, 0.1) is 5.41 Å². The summed E-state index contributed by atoms with van der Waals surface area (Å²) in [4.78, 5) is 19.1. The maximum atomic E-state index is 11.0. The summed E-state index contributed by atoms with van der Waals surface area (Å²) in [6.45, 7) is 9.45. The first-order valence-electron chi connectivity index (χ1n) is 12.8.